The van der Waals surface area contributed by atoms with Crippen LogP contribution in [0.15, 0.2) is 67.0 Å². The Kier molecular flexibility index (Phi) is 5.67. The number of fused-ring (bicyclic) bond motifs is 1. The maximum Gasteiger partial charge on any atom is 0.257 e. The Morgan fingerprint density at radius 1 is 0.969 bits per heavy atom. The number of carbonyl (C=O) groups is 2. The zero-order chi connectivity index (χ0) is 22.7. The summed E-state index contributed by atoms with van der Waals surface area (Å²) in [6, 6.07) is 18.0. The Morgan fingerprint density at radius 3 is 2.53 bits per heavy atom. The lowest BCUT2D eigenvalue weighted by Gasteiger charge is -2.12. The van der Waals surface area contributed by atoms with Crippen molar-refractivity contribution >= 4 is 39.9 Å². The molecular weight excluding hydrogens is 404 g/mol. The van der Waals surface area contributed by atoms with Gasteiger partial charge < -0.3 is 22.1 Å². The topological polar surface area (TPSA) is 136 Å². The zero-order valence-electron chi connectivity index (χ0n) is 17.4. The van der Waals surface area contributed by atoms with E-state index in [1.807, 2.05) is 43.3 Å². The lowest BCUT2D eigenvalue weighted by molar-refractivity contribution is 0.0999. The Hall–Kier alpha value is -4.46. The second-order valence-corrected chi connectivity index (χ2v) is 7.33. The van der Waals surface area contributed by atoms with Crippen LogP contribution in [-0.4, -0.2) is 21.8 Å². The number of nitrogens with two attached hydrogens (primary N) is 2. The molecule has 0 aliphatic heterocycles. The van der Waals surface area contributed by atoms with Gasteiger partial charge in [0.15, 0.2) is 0 Å². The van der Waals surface area contributed by atoms with Crippen LogP contribution in [0, 0.1) is 6.92 Å². The van der Waals surface area contributed by atoms with Gasteiger partial charge in [-0.1, -0.05) is 30.3 Å². The molecule has 0 aliphatic rings. The number of anilines is 3. The highest BCUT2D eigenvalue weighted by Gasteiger charge is 2.13. The molecule has 0 saturated carbocycles. The van der Waals surface area contributed by atoms with Crippen molar-refractivity contribution in [3.63, 3.8) is 0 Å². The molecule has 160 valence electrons. The summed E-state index contributed by atoms with van der Waals surface area (Å²) in [6.45, 7) is 2.31. The Balaban J connectivity index is 1.52. The van der Waals surface area contributed by atoms with Crippen molar-refractivity contribution in [3.8, 4) is 0 Å². The van der Waals surface area contributed by atoms with Gasteiger partial charge in [-0.3, -0.25) is 9.59 Å². The van der Waals surface area contributed by atoms with E-state index in [4.69, 9.17) is 11.5 Å². The zero-order valence-corrected chi connectivity index (χ0v) is 17.4. The summed E-state index contributed by atoms with van der Waals surface area (Å²) in [6.07, 6.45) is 1.39. The molecule has 4 aromatic rings. The second kappa shape index (κ2) is 8.73. The average Bonchev–Trinajstić information content (AvgIpc) is 2.79. The van der Waals surface area contributed by atoms with E-state index in [2.05, 4.69) is 20.6 Å². The van der Waals surface area contributed by atoms with Gasteiger partial charge >= 0.3 is 0 Å². The van der Waals surface area contributed by atoms with Crippen LogP contribution in [0.3, 0.4) is 0 Å². The maximum absolute atomic E-state index is 12.6. The number of para-hydroxylation sites is 2. The lowest BCUT2D eigenvalue weighted by Crippen LogP contribution is -2.15. The van der Waals surface area contributed by atoms with Crippen LogP contribution in [-0.2, 0) is 6.54 Å². The monoisotopic (exact) mass is 426 g/mol. The van der Waals surface area contributed by atoms with Gasteiger partial charge in [-0.05, 0) is 48.4 Å². The van der Waals surface area contributed by atoms with Crippen LogP contribution in [0.25, 0.3) is 10.9 Å². The summed E-state index contributed by atoms with van der Waals surface area (Å²) < 4.78 is 0. The van der Waals surface area contributed by atoms with Gasteiger partial charge in [0.1, 0.15) is 12.1 Å². The molecule has 32 heavy (non-hydrogen) atoms. The molecule has 2 amide bonds. The van der Waals surface area contributed by atoms with E-state index in [0.717, 1.165) is 11.1 Å². The number of aryl methyl sites for hydroxylation is 1. The van der Waals surface area contributed by atoms with Gasteiger partial charge in [-0.15, -0.1) is 0 Å². The number of rotatable bonds is 6. The largest absolute Gasteiger partial charge is 0.398 e. The smallest absolute Gasteiger partial charge is 0.257 e. The molecule has 0 radical (unpaired) electrons. The first-order valence-electron chi connectivity index (χ1n) is 9.97. The van der Waals surface area contributed by atoms with Crippen molar-refractivity contribution in [2.24, 2.45) is 5.73 Å². The fraction of sp³-hybridized carbons (Fsp3) is 0.0833. The van der Waals surface area contributed by atoms with E-state index in [-0.39, 0.29) is 5.91 Å². The molecule has 4 rings (SSSR count). The number of nitrogen functional groups attached to an aromatic ring is 1. The number of carbonyl (C=O) groups excluding carboxylic acids is 2. The molecule has 1 aromatic heterocycles. The van der Waals surface area contributed by atoms with E-state index >= 15 is 0 Å². The Morgan fingerprint density at radius 2 is 1.72 bits per heavy atom. The number of amides is 2. The highest BCUT2D eigenvalue weighted by Crippen LogP contribution is 2.23. The molecule has 0 unspecified atom stereocenters. The average molecular weight is 426 g/mol. The molecular formula is C24H22N6O2. The molecule has 0 saturated heterocycles. The van der Waals surface area contributed by atoms with Crippen LogP contribution in [0.2, 0.25) is 0 Å². The number of nitrogens with one attached hydrogen (secondary N) is 2. The van der Waals surface area contributed by atoms with E-state index in [1.54, 1.807) is 24.3 Å². The maximum atomic E-state index is 12.6. The second-order valence-electron chi connectivity index (χ2n) is 7.33. The van der Waals surface area contributed by atoms with Gasteiger partial charge in [-0.2, -0.15) is 0 Å². The summed E-state index contributed by atoms with van der Waals surface area (Å²) in [5.41, 5.74) is 15.7. The first-order valence-corrected chi connectivity index (χ1v) is 9.97. The molecule has 0 aliphatic carbocycles. The highest BCUT2D eigenvalue weighted by molar-refractivity contribution is 6.08. The Labute approximate surface area is 184 Å². The first kappa shape index (κ1) is 20.8. The van der Waals surface area contributed by atoms with Crippen LogP contribution in [0.5, 0.6) is 0 Å². The third-order valence-electron chi connectivity index (χ3n) is 5.14. The van der Waals surface area contributed by atoms with Gasteiger partial charge in [0.2, 0.25) is 0 Å². The van der Waals surface area contributed by atoms with E-state index in [0.29, 0.717) is 45.8 Å². The van der Waals surface area contributed by atoms with Gasteiger partial charge in [0.25, 0.3) is 11.8 Å². The van der Waals surface area contributed by atoms with Crippen molar-refractivity contribution in [1.29, 1.82) is 0 Å². The van der Waals surface area contributed by atoms with Crippen LogP contribution >= 0.6 is 0 Å². The molecule has 3 aromatic carbocycles. The minimum Gasteiger partial charge on any atom is -0.398 e. The highest BCUT2D eigenvalue weighted by atomic mass is 16.2. The van der Waals surface area contributed by atoms with Gasteiger partial charge in [0.05, 0.1) is 16.6 Å². The van der Waals surface area contributed by atoms with Gasteiger partial charge in [0, 0.05) is 23.3 Å². The van der Waals surface area contributed by atoms with Crippen molar-refractivity contribution in [3.05, 3.63) is 89.2 Å². The van der Waals surface area contributed by atoms with Crippen molar-refractivity contribution < 1.29 is 9.59 Å². The van der Waals surface area contributed by atoms with Gasteiger partial charge in [-0.25, -0.2) is 9.97 Å². The summed E-state index contributed by atoms with van der Waals surface area (Å²) in [5, 5.41) is 6.85. The fourth-order valence-corrected chi connectivity index (χ4v) is 3.45. The lowest BCUT2D eigenvalue weighted by atomic mass is 10.1. The number of hydrogen-bond donors (Lipinski definition) is 4. The van der Waals surface area contributed by atoms with E-state index < -0.39 is 5.91 Å². The minimum atomic E-state index is -0.544. The summed E-state index contributed by atoms with van der Waals surface area (Å²) in [7, 11) is 0. The quantitative estimate of drug-likeness (QED) is 0.349. The standard InChI is InChI=1S/C24H22N6O2/c1-14-5-2-8-17(20(14)25)24(32)30-16-7-3-6-15(11-16)12-27-23-19-10-4-9-18(22(26)31)21(19)28-13-29-23/h2-11,13H,12,25H2,1H3,(H2,26,31)(H,30,32)(H,27,28,29). The number of hydrogen-bond acceptors (Lipinski definition) is 6. The predicted molar refractivity (Wildman–Crippen MR) is 125 cm³/mol. The van der Waals surface area contributed by atoms with Crippen LogP contribution < -0.4 is 22.1 Å². The van der Waals surface area contributed by atoms with Crippen molar-refractivity contribution in [2.45, 2.75) is 13.5 Å². The van der Waals surface area contributed by atoms with Crippen LogP contribution in [0.1, 0.15) is 31.8 Å². The molecule has 0 atom stereocenters. The van der Waals surface area contributed by atoms with Crippen LogP contribution in [0.4, 0.5) is 17.2 Å². The van der Waals surface area contributed by atoms with Crippen molar-refractivity contribution in [1.82, 2.24) is 9.97 Å². The molecule has 1 heterocycles. The van der Waals surface area contributed by atoms with Crippen molar-refractivity contribution in [2.75, 3.05) is 16.4 Å². The fourth-order valence-electron chi connectivity index (χ4n) is 3.45. The number of aromatic nitrogens is 2. The summed E-state index contributed by atoms with van der Waals surface area (Å²) in [4.78, 5) is 32.8. The first-order chi connectivity index (χ1) is 15.4. The van der Waals surface area contributed by atoms with E-state index in [1.165, 1.54) is 6.33 Å². The Bertz CT molecular complexity index is 1340. The normalized spacial score (nSPS) is 10.7. The van der Waals surface area contributed by atoms with E-state index in [9.17, 15) is 9.59 Å². The molecule has 8 nitrogen and oxygen atoms in total. The number of primary amides is 1. The molecule has 8 heteroatoms. The molecule has 0 fully saturated rings. The SMILES string of the molecule is Cc1cccc(C(=O)Nc2cccc(CNc3ncnc4c(C(N)=O)cccc34)c2)c1N. The third-order valence-corrected chi connectivity index (χ3v) is 5.14. The minimum absolute atomic E-state index is 0.267. The number of nitrogens with zero attached hydrogens (tertiary/aromatic N) is 2. The third kappa shape index (κ3) is 4.20. The summed E-state index contributed by atoms with van der Waals surface area (Å²) in [5.74, 6) is -0.227. The molecule has 6 N–H and O–H groups in total. The molecule has 0 spiro atoms. The molecule has 0 bridgehead atoms. The summed E-state index contributed by atoms with van der Waals surface area (Å²) >= 11 is 0. The number of benzene rings is 3. The predicted octanol–water partition coefficient (Wildman–Crippen LogP) is 3.48.